The van der Waals surface area contributed by atoms with E-state index in [1.807, 2.05) is 0 Å². The standard InChI is InChI=1S/C10H18/c1-10(2,3)9-7-4-5-8(9)6-7/h7-9H,4-6H2,1-3H3. The molecule has 0 radical (unpaired) electrons. The fraction of sp³-hybridized carbons (Fsp3) is 1.00. The van der Waals surface area contributed by atoms with E-state index in [2.05, 4.69) is 20.8 Å². The molecule has 0 heterocycles. The number of hydrogen-bond acceptors (Lipinski definition) is 0. The Morgan fingerprint density at radius 3 is 1.70 bits per heavy atom. The Hall–Kier alpha value is 0. The molecule has 2 atom stereocenters. The lowest BCUT2D eigenvalue weighted by atomic mass is 9.60. The zero-order valence-corrected chi connectivity index (χ0v) is 7.35. The zero-order valence-electron chi connectivity index (χ0n) is 7.35. The fourth-order valence-corrected chi connectivity index (χ4v) is 3.31. The molecule has 0 aromatic carbocycles. The molecule has 0 amide bonds. The van der Waals surface area contributed by atoms with Crippen LogP contribution in [0.25, 0.3) is 0 Å². The van der Waals surface area contributed by atoms with Gasteiger partial charge in [-0.3, -0.25) is 0 Å². The van der Waals surface area contributed by atoms with Crippen LogP contribution in [0.2, 0.25) is 0 Å². The lowest BCUT2D eigenvalue weighted by Crippen LogP contribution is -2.38. The summed E-state index contributed by atoms with van der Waals surface area (Å²) in [7, 11) is 0. The van der Waals surface area contributed by atoms with Gasteiger partial charge in [-0.15, -0.1) is 0 Å². The molecule has 10 heavy (non-hydrogen) atoms. The molecule has 0 heteroatoms. The maximum absolute atomic E-state index is 2.40. The molecule has 3 fully saturated rings. The molecule has 0 aliphatic heterocycles. The lowest BCUT2D eigenvalue weighted by Gasteiger charge is -2.45. The van der Waals surface area contributed by atoms with Crippen molar-refractivity contribution in [2.45, 2.75) is 40.0 Å². The van der Waals surface area contributed by atoms with Gasteiger partial charge in [0.15, 0.2) is 0 Å². The van der Waals surface area contributed by atoms with Gasteiger partial charge in [-0.2, -0.15) is 0 Å². The van der Waals surface area contributed by atoms with Crippen molar-refractivity contribution in [1.82, 2.24) is 0 Å². The second-order valence-corrected chi connectivity index (χ2v) is 5.23. The normalized spacial score (nSPS) is 45.3. The van der Waals surface area contributed by atoms with Crippen LogP contribution in [-0.4, -0.2) is 0 Å². The first-order valence-electron chi connectivity index (χ1n) is 4.59. The zero-order chi connectivity index (χ0) is 7.35. The third-order valence-electron chi connectivity index (χ3n) is 3.53. The Kier molecular flexibility index (Phi) is 1.19. The molecule has 0 saturated heterocycles. The van der Waals surface area contributed by atoms with E-state index < -0.39 is 0 Å². The van der Waals surface area contributed by atoms with Crippen molar-refractivity contribution < 1.29 is 0 Å². The van der Waals surface area contributed by atoms with Crippen LogP contribution < -0.4 is 0 Å². The van der Waals surface area contributed by atoms with Gasteiger partial charge in [0.25, 0.3) is 0 Å². The minimum atomic E-state index is 0.601. The van der Waals surface area contributed by atoms with Crippen molar-refractivity contribution in [2.75, 3.05) is 0 Å². The summed E-state index contributed by atoms with van der Waals surface area (Å²) in [6.07, 6.45) is 4.63. The van der Waals surface area contributed by atoms with Crippen LogP contribution in [0.1, 0.15) is 40.0 Å². The van der Waals surface area contributed by atoms with Crippen molar-refractivity contribution >= 4 is 0 Å². The smallest absolute Gasteiger partial charge is 0.0308 e. The molecule has 0 nitrogen and oxygen atoms in total. The summed E-state index contributed by atoms with van der Waals surface area (Å²) in [5.74, 6) is 3.31. The summed E-state index contributed by atoms with van der Waals surface area (Å²) < 4.78 is 0. The maximum Gasteiger partial charge on any atom is -0.0308 e. The Labute approximate surface area is 64.0 Å². The number of rotatable bonds is 0. The van der Waals surface area contributed by atoms with Crippen LogP contribution in [0.5, 0.6) is 0 Å². The van der Waals surface area contributed by atoms with Crippen molar-refractivity contribution in [3.8, 4) is 0 Å². The summed E-state index contributed by atoms with van der Waals surface area (Å²) in [6, 6.07) is 0. The molecule has 3 saturated carbocycles. The molecule has 3 rings (SSSR count). The molecular weight excluding hydrogens is 120 g/mol. The van der Waals surface area contributed by atoms with Gasteiger partial charge in [0.1, 0.15) is 0 Å². The number of fused-ring (bicyclic) bond motifs is 1. The van der Waals surface area contributed by atoms with Gasteiger partial charge in [0, 0.05) is 0 Å². The highest BCUT2D eigenvalue weighted by molar-refractivity contribution is 5.00. The van der Waals surface area contributed by atoms with Gasteiger partial charge >= 0.3 is 0 Å². The first-order valence-corrected chi connectivity index (χ1v) is 4.59. The van der Waals surface area contributed by atoms with E-state index in [4.69, 9.17) is 0 Å². The van der Waals surface area contributed by atoms with Crippen molar-refractivity contribution in [3.05, 3.63) is 0 Å². The molecule has 0 spiro atoms. The minimum Gasteiger partial charge on any atom is -0.0599 e. The predicted molar refractivity (Wildman–Crippen MR) is 43.8 cm³/mol. The third-order valence-corrected chi connectivity index (χ3v) is 3.53. The van der Waals surface area contributed by atoms with Crippen LogP contribution in [0.15, 0.2) is 0 Å². The second-order valence-electron chi connectivity index (χ2n) is 5.23. The minimum absolute atomic E-state index is 0.601. The van der Waals surface area contributed by atoms with Gasteiger partial charge in [0.05, 0.1) is 0 Å². The van der Waals surface area contributed by atoms with Gasteiger partial charge in [-0.1, -0.05) is 20.8 Å². The molecule has 0 aromatic rings. The molecule has 58 valence electrons. The van der Waals surface area contributed by atoms with Crippen LogP contribution in [0.4, 0.5) is 0 Å². The number of hydrogen-bond donors (Lipinski definition) is 0. The third kappa shape index (κ3) is 0.741. The average molecular weight is 138 g/mol. The second kappa shape index (κ2) is 1.78. The maximum atomic E-state index is 2.40. The van der Waals surface area contributed by atoms with Crippen LogP contribution in [0, 0.1) is 23.2 Å². The lowest BCUT2D eigenvalue weighted by molar-refractivity contribution is 0.0400. The Balaban J connectivity index is 2.09. The van der Waals surface area contributed by atoms with Crippen molar-refractivity contribution in [2.24, 2.45) is 23.2 Å². The van der Waals surface area contributed by atoms with Gasteiger partial charge in [0.2, 0.25) is 0 Å². The van der Waals surface area contributed by atoms with E-state index in [1.165, 1.54) is 12.8 Å². The molecule has 0 N–H and O–H groups in total. The summed E-state index contributed by atoms with van der Waals surface area (Å²) in [4.78, 5) is 0. The van der Waals surface area contributed by atoms with Crippen molar-refractivity contribution in [1.29, 1.82) is 0 Å². The Bertz CT molecular complexity index is 127. The highest BCUT2D eigenvalue weighted by Crippen LogP contribution is 2.59. The van der Waals surface area contributed by atoms with E-state index >= 15 is 0 Å². The van der Waals surface area contributed by atoms with Crippen molar-refractivity contribution in [3.63, 3.8) is 0 Å². The largest absolute Gasteiger partial charge is 0.0599 e. The van der Waals surface area contributed by atoms with E-state index in [1.54, 1.807) is 6.42 Å². The molecular formula is C10H18. The molecule has 2 bridgehead atoms. The van der Waals surface area contributed by atoms with E-state index in [-0.39, 0.29) is 0 Å². The predicted octanol–water partition coefficient (Wildman–Crippen LogP) is 3.08. The first kappa shape index (κ1) is 6.69. The molecule has 3 aliphatic carbocycles. The van der Waals surface area contributed by atoms with Gasteiger partial charge in [-0.05, 0) is 42.4 Å². The van der Waals surface area contributed by atoms with Crippen LogP contribution >= 0.6 is 0 Å². The van der Waals surface area contributed by atoms with Gasteiger partial charge < -0.3 is 0 Å². The summed E-state index contributed by atoms with van der Waals surface area (Å²) in [5.41, 5.74) is 0.601. The molecule has 0 aromatic heterocycles. The molecule has 2 unspecified atom stereocenters. The van der Waals surface area contributed by atoms with Gasteiger partial charge in [-0.25, -0.2) is 0 Å². The average Bonchev–Trinajstić information content (AvgIpc) is 2.08. The van der Waals surface area contributed by atoms with E-state index in [0.717, 1.165) is 17.8 Å². The molecule has 3 aliphatic rings. The SMILES string of the molecule is CC(C)(C)C1C2CCC1C2. The first-order chi connectivity index (χ1) is 4.59. The quantitative estimate of drug-likeness (QED) is 0.482. The Morgan fingerprint density at radius 2 is 1.50 bits per heavy atom. The Morgan fingerprint density at radius 1 is 1.00 bits per heavy atom. The summed E-state index contributed by atoms with van der Waals surface area (Å²) >= 11 is 0. The van der Waals surface area contributed by atoms with Crippen LogP contribution in [0.3, 0.4) is 0 Å². The monoisotopic (exact) mass is 138 g/mol. The summed E-state index contributed by atoms with van der Waals surface area (Å²) in [6.45, 7) is 7.21. The summed E-state index contributed by atoms with van der Waals surface area (Å²) in [5, 5.41) is 0. The highest BCUT2D eigenvalue weighted by atomic mass is 14.6. The van der Waals surface area contributed by atoms with Crippen LogP contribution in [-0.2, 0) is 0 Å². The van der Waals surface area contributed by atoms with E-state index in [0.29, 0.717) is 5.41 Å². The fourth-order valence-electron chi connectivity index (χ4n) is 3.31. The topological polar surface area (TPSA) is 0 Å². The highest BCUT2D eigenvalue weighted by Gasteiger charge is 2.51. The van der Waals surface area contributed by atoms with E-state index in [9.17, 15) is 0 Å².